The molecule has 0 fully saturated rings. The molecule has 0 spiro atoms. The van der Waals surface area contributed by atoms with Crippen molar-refractivity contribution in [2.75, 3.05) is 17.6 Å². The lowest BCUT2D eigenvalue weighted by Crippen LogP contribution is -2.25. The normalized spacial score (nSPS) is 10.8. The maximum Gasteiger partial charge on any atom is 0.251 e. The second-order valence-corrected chi connectivity index (χ2v) is 6.53. The Labute approximate surface area is 157 Å². The molecule has 27 heavy (non-hydrogen) atoms. The summed E-state index contributed by atoms with van der Waals surface area (Å²) in [5.74, 6) is 1.65. The predicted molar refractivity (Wildman–Crippen MR) is 105 cm³/mol. The van der Waals surface area contributed by atoms with Crippen molar-refractivity contribution in [3.05, 3.63) is 54.2 Å². The van der Waals surface area contributed by atoms with Crippen molar-refractivity contribution in [2.45, 2.75) is 20.3 Å². The fourth-order valence-corrected chi connectivity index (χ4v) is 2.44. The van der Waals surface area contributed by atoms with E-state index in [9.17, 15) is 4.79 Å². The Bertz CT molecular complexity index is 888. The number of amides is 1. The maximum absolute atomic E-state index is 12.1. The summed E-state index contributed by atoms with van der Waals surface area (Å²) >= 11 is 0. The molecule has 1 amide bonds. The molecule has 8 nitrogen and oxygen atoms in total. The zero-order valence-electron chi connectivity index (χ0n) is 15.4. The van der Waals surface area contributed by atoms with Crippen molar-refractivity contribution >= 4 is 23.5 Å². The molecular weight excluding hydrogens is 342 g/mol. The minimum absolute atomic E-state index is 0.0796. The van der Waals surface area contributed by atoms with Gasteiger partial charge in [0.1, 0.15) is 0 Å². The van der Waals surface area contributed by atoms with E-state index in [1.165, 1.54) is 4.68 Å². The number of benzene rings is 1. The number of anilines is 3. The van der Waals surface area contributed by atoms with E-state index >= 15 is 0 Å². The third kappa shape index (κ3) is 4.81. The van der Waals surface area contributed by atoms with E-state index in [-0.39, 0.29) is 11.9 Å². The largest absolute Gasteiger partial charge is 0.368 e. The molecule has 0 radical (unpaired) electrons. The summed E-state index contributed by atoms with van der Waals surface area (Å²) in [5, 5.41) is 10.3. The summed E-state index contributed by atoms with van der Waals surface area (Å²) in [5.41, 5.74) is 7.28. The molecule has 2 aromatic heterocycles. The van der Waals surface area contributed by atoms with Gasteiger partial charge in [-0.1, -0.05) is 19.9 Å². The molecule has 8 heteroatoms. The molecule has 3 aromatic rings. The van der Waals surface area contributed by atoms with E-state index in [1.54, 1.807) is 36.5 Å². The van der Waals surface area contributed by atoms with Gasteiger partial charge < -0.3 is 16.4 Å². The Morgan fingerprint density at radius 3 is 2.63 bits per heavy atom. The van der Waals surface area contributed by atoms with Crippen molar-refractivity contribution in [1.29, 1.82) is 0 Å². The number of nitrogen functional groups attached to an aromatic ring is 1. The number of nitrogens with one attached hydrogen (secondary N) is 2. The Hall–Kier alpha value is -3.42. The number of carbonyl (C=O) groups excluding carboxylic acids is 1. The lowest BCUT2D eigenvalue weighted by molar-refractivity contribution is 0.0952. The number of hydrogen-bond acceptors (Lipinski definition) is 6. The molecule has 1 aromatic carbocycles. The van der Waals surface area contributed by atoms with Gasteiger partial charge in [-0.3, -0.25) is 4.79 Å². The number of hydrogen-bond donors (Lipinski definition) is 3. The van der Waals surface area contributed by atoms with E-state index in [0.29, 0.717) is 29.8 Å². The highest BCUT2D eigenvalue weighted by Gasteiger charge is 2.10. The number of aromatic nitrogens is 4. The first-order chi connectivity index (χ1) is 13.0. The standard InChI is InChI=1S/C19H23N7O/c1-13(2)10-12-22-17(27)14-6-8-15(9-7-14)23-19-24-18(20)26(25-19)16-5-3-4-11-21-16/h3-9,11,13H,10,12H2,1-2H3,(H,22,27)(H3,20,23,24,25). The van der Waals surface area contributed by atoms with Crippen molar-refractivity contribution in [3.8, 4) is 5.82 Å². The third-order valence-corrected chi connectivity index (χ3v) is 3.91. The highest BCUT2D eigenvalue weighted by molar-refractivity contribution is 5.94. The summed E-state index contributed by atoms with van der Waals surface area (Å²) in [7, 11) is 0. The average molecular weight is 365 g/mol. The number of carbonyl (C=O) groups is 1. The van der Waals surface area contributed by atoms with Crippen molar-refractivity contribution in [2.24, 2.45) is 5.92 Å². The van der Waals surface area contributed by atoms with Crippen LogP contribution in [0.1, 0.15) is 30.6 Å². The smallest absolute Gasteiger partial charge is 0.251 e. The van der Waals surface area contributed by atoms with E-state index < -0.39 is 0 Å². The first kappa shape index (κ1) is 18.4. The quantitative estimate of drug-likeness (QED) is 0.594. The first-order valence-electron chi connectivity index (χ1n) is 8.82. The minimum atomic E-state index is -0.0796. The van der Waals surface area contributed by atoms with Crippen LogP contribution >= 0.6 is 0 Å². The second kappa shape index (κ2) is 8.31. The van der Waals surface area contributed by atoms with Gasteiger partial charge in [0.15, 0.2) is 5.82 Å². The molecule has 0 unspecified atom stereocenters. The summed E-state index contributed by atoms with van der Waals surface area (Å²) in [6.07, 6.45) is 2.62. The van der Waals surface area contributed by atoms with Gasteiger partial charge in [-0.2, -0.15) is 9.67 Å². The number of pyridine rings is 1. The summed E-state index contributed by atoms with van der Waals surface area (Å²) < 4.78 is 1.46. The Morgan fingerprint density at radius 1 is 1.19 bits per heavy atom. The highest BCUT2D eigenvalue weighted by Crippen LogP contribution is 2.17. The van der Waals surface area contributed by atoms with Crippen LogP contribution in [0.3, 0.4) is 0 Å². The van der Waals surface area contributed by atoms with Gasteiger partial charge in [0, 0.05) is 24.0 Å². The Morgan fingerprint density at radius 2 is 1.96 bits per heavy atom. The summed E-state index contributed by atoms with van der Waals surface area (Å²) in [4.78, 5) is 20.5. The molecule has 0 saturated carbocycles. The van der Waals surface area contributed by atoms with Crippen LogP contribution in [0.4, 0.5) is 17.6 Å². The molecule has 4 N–H and O–H groups in total. The van der Waals surface area contributed by atoms with Gasteiger partial charge in [-0.05, 0) is 48.7 Å². The van der Waals surface area contributed by atoms with Crippen LogP contribution in [0, 0.1) is 5.92 Å². The molecule has 0 atom stereocenters. The Balaban J connectivity index is 1.64. The van der Waals surface area contributed by atoms with Gasteiger partial charge in [0.2, 0.25) is 11.9 Å². The zero-order chi connectivity index (χ0) is 19.2. The lowest BCUT2D eigenvalue weighted by atomic mass is 10.1. The van der Waals surface area contributed by atoms with Gasteiger partial charge in [-0.15, -0.1) is 5.10 Å². The number of nitrogens with two attached hydrogens (primary N) is 1. The van der Waals surface area contributed by atoms with Crippen molar-refractivity contribution < 1.29 is 4.79 Å². The van der Waals surface area contributed by atoms with E-state index in [2.05, 4.69) is 39.5 Å². The lowest BCUT2D eigenvalue weighted by Gasteiger charge is -2.08. The van der Waals surface area contributed by atoms with Crippen LogP contribution in [0.25, 0.3) is 5.82 Å². The molecule has 0 bridgehead atoms. The van der Waals surface area contributed by atoms with E-state index in [4.69, 9.17) is 5.73 Å². The monoisotopic (exact) mass is 365 g/mol. The van der Waals surface area contributed by atoms with E-state index in [0.717, 1.165) is 12.1 Å². The third-order valence-electron chi connectivity index (χ3n) is 3.91. The van der Waals surface area contributed by atoms with Gasteiger partial charge in [0.05, 0.1) is 0 Å². The van der Waals surface area contributed by atoms with Crippen LogP contribution in [-0.2, 0) is 0 Å². The van der Waals surface area contributed by atoms with E-state index in [1.807, 2.05) is 12.1 Å². The molecule has 0 aliphatic carbocycles. The first-order valence-corrected chi connectivity index (χ1v) is 8.82. The zero-order valence-corrected chi connectivity index (χ0v) is 15.4. The molecule has 0 aliphatic rings. The minimum Gasteiger partial charge on any atom is -0.368 e. The molecule has 140 valence electrons. The molecule has 3 rings (SSSR count). The van der Waals surface area contributed by atoms with Gasteiger partial charge in [-0.25, -0.2) is 4.98 Å². The van der Waals surface area contributed by atoms with Crippen LogP contribution in [0.2, 0.25) is 0 Å². The highest BCUT2D eigenvalue weighted by atomic mass is 16.1. The fraction of sp³-hybridized carbons (Fsp3) is 0.263. The van der Waals surface area contributed by atoms with Crippen LogP contribution < -0.4 is 16.4 Å². The topological polar surface area (TPSA) is 111 Å². The molecule has 0 saturated heterocycles. The maximum atomic E-state index is 12.1. The second-order valence-electron chi connectivity index (χ2n) is 6.53. The molecular formula is C19H23N7O. The number of nitrogens with zero attached hydrogens (tertiary/aromatic N) is 4. The van der Waals surface area contributed by atoms with Crippen molar-refractivity contribution in [1.82, 2.24) is 25.1 Å². The molecule has 2 heterocycles. The van der Waals surface area contributed by atoms with Crippen molar-refractivity contribution in [3.63, 3.8) is 0 Å². The summed E-state index contributed by atoms with van der Waals surface area (Å²) in [6, 6.07) is 12.6. The average Bonchev–Trinajstić information content (AvgIpc) is 3.03. The van der Waals surface area contributed by atoms with Gasteiger partial charge in [0.25, 0.3) is 5.91 Å². The SMILES string of the molecule is CC(C)CCNC(=O)c1ccc(Nc2nc(N)n(-c3ccccn3)n2)cc1. The van der Waals surface area contributed by atoms with Gasteiger partial charge >= 0.3 is 0 Å². The Kier molecular flexibility index (Phi) is 5.65. The van der Waals surface area contributed by atoms with Crippen LogP contribution in [-0.4, -0.2) is 32.2 Å². The number of rotatable bonds is 7. The molecule has 0 aliphatic heterocycles. The van der Waals surface area contributed by atoms with Crippen LogP contribution in [0.15, 0.2) is 48.7 Å². The predicted octanol–water partition coefficient (Wildman–Crippen LogP) is 2.76. The fourth-order valence-electron chi connectivity index (χ4n) is 2.44. The summed E-state index contributed by atoms with van der Waals surface area (Å²) in [6.45, 7) is 4.93. The van der Waals surface area contributed by atoms with Crippen LogP contribution in [0.5, 0.6) is 0 Å².